The van der Waals surface area contributed by atoms with Crippen LogP contribution < -0.4 is 5.32 Å². The summed E-state index contributed by atoms with van der Waals surface area (Å²) in [5, 5.41) is 13.4. The van der Waals surface area contributed by atoms with Crippen molar-refractivity contribution in [1.29, 1.82) is 5.26 Å². The smallest absolute Gasteiger partial charge is 0.101 e. The molecule has 0 aliphatic rings. The molecule has 18 heavy (non-hydrogen) atoms. The average molecular weight is 322 g/mol. The zero-order valence-electron chi connectivity index (χ0n) is 10.1. The van der Waals surface area contributed by atoms with Gasteiger partial charge >= 0.3 is 0 Å². The summed E-state index contributed by atoms with van der Waals surface area (Å²) in [4.78, 5) is 5.59. The number of nitrogens with one attached hydrogen (secondary N) is 1. The third kappa shape index (κ3) is 2.89. The number of nitriles is 1. The summed E-state index contributed by atoms with van der Waals surface area (Å²) in [5.74, 6) is 0. The first-order valence-corrected chi connectivity index (χ1v) is 7.07. The van der Waals surface area contributed by atoms with Crippen molar-refractivity contribution < 1.29 is 0 Å². The average Bonchev–Trinajstić information content (AvgIpc) is 2.66. The Hall–Kier alpha value is -1.38. The summed E-state index contributed by atoms with van der Waals surface area (Å²) in [7, 11) is 0. The van der Waals surface area contributed by atoms with Crippen molar-refractivity contribution in [3.63, 3.8) is 0 Å². The van der Waals surface area contributed by atoms with E-state index in [2.05, 4.69) is 32.3 Å². The van der Waals surface area contributed by atoms with Gasteiger partial charge in [-0.25, -0.2) is 4.98 Å². The van der Waals surface area contributed by atoms with E-state index in [1.807, 2.05) is 32.0 Å². The van der Waals surface area contributed by atoms with Crippen molar-refractivity contribution in [3.8, 4) is 6.07 Å². The van der Waals surface area contributed by atoms with Gasteiger partial charge in [-0.3, -0.25) is 0 Å². The number of aromatic nitrogens is 1. The van der Waals surface area contributed by atoms with Gasteiger partial charge in [-0.1, -0.05) is 15.9 Å². The molecule has 0 atom stereocenters. The van der Waals surface area contributed by atoms with Gasteiger partial charge in [0.05, 0.1) is 28.5 Å². The largest absolute Gasteiger partial charge is 0.379 e. The number of halogens is 1. The standard InChI is InChI=1S/C13H12BrN3S/c1-8-13(18-9(2)17-8)7-16-12-4-3-11(14)5-10(12)6-15/h3-5,16H,7H2,1-2H3. The Morgan fingerprint density at radius 3 is 2.83 bits per heavy atom. The van der Waals surface area contributed by atoms with Crippen LogP contribution in [0.5, 0.6) is 0 Å². The van der Waals surface area contributed by atoms with Crippen molar-refractivity contribution in [2.75, 3.05) is 5.32 Å². The van der Waals surface area contributed by atoms with Crippen molar-refractivity contribution in [3.05, 3.63) is 43.8 Å². The first-order chi connectivity index (χ1) is 8.60. The summed E-state index contributed by atoms with van der Waals surface area (Å²) in [6.45, 7) is 4.71. The number of hydrogen-bond donors (Lipinski definition) is 1. The normalized spacial score (nSPS) is 10.1. The number of anilines is 1. The van der Waals surface area contributed by atoms with Gasteiger partial charge in [-0.2, -0.15) is 5.26 Å². The fraction of sp³-hybridized carbons (Fsp3) is 0.231. The fourth-order valence-electron chi connectivity index (χ4n) is 1.68. The number of rotatable bonds is 3. The maximum atomic E-state index is 9.08. The lowest BCUT2D eigenvalue weighted by atomic mass is 10.2. The van der Waals surface area contributed by atoms with Gasteiger partial charge in [-0.15, -0.1) is 11.3 Å². The van der Waals surface area contributed by atoms with Crippen LogP contribution in [0.25, 0.3) is 0 Å². The van der Waals surface area contributed by atoms with Gasteiger partial charge < -0.3 is 5.32 Å². The van der Waals surface area contributed by atoms with Crippen LogP contribution in [-0.4, -0.2) is 4.98 Å². The molecule has 0 amide bonds. The maximum absolute atomic E-state index is 9.08. The van der Waals surface area contributed by atoms with E-state index < -0.39 is 0 Å². The minimum atomic E-state index is 0.642. The molecule has 92 valence electrons. The lowest BCUT2D eigenvalue weighted by Crippen LogP contribution is -2.01. The molecule has 0 aliphatic heterocycles. The Balaban J connectivity index is 2.16. The van der Waals surface area contributed by atoms with Gasteiger partial charge in [0.2, 0.25) is 0 Å². The zero-order chi connectivity index (χ0) is 13.1. The highest BCUT2D eigenvalue weighted by atomic mass is 79.9. The number of hydrogen-bond acceptors (Lipinski definition) is 4. The molecule has 0 radical (unpaired) electrons. The van der Waals surface area contributed by atoms with E-state index in [0.29, 0.717) is 12.1 Å². The Kier molecular flexibility index (Phi) is 4.00. The zero-order valence-corrected chi connectivity index (χ0v) is 12.5. The van der Waals surface area contributed by atoms with Crippen LogP contribution in [0.3, 0.4) is 0 Å². The Bertz CT molecular complexity index is 613. The third-order valence-electron chi connectivity index (χ3n) is 2.54. The summed E-state index contributed by atoms with van der Waals surface area (Å²) in [5.41, 5.74) is 2.55. The van der Waals surface area contributed by atoms with E-state index in [9.17, 15) is 0 Å². The van der Waals surface area contributed by atoms with Gasteiger partial charge in [0, 0.05) is 9.35 Å². The summed E-state index contributed by atoms with van der Waals surface area (Å²) in [6, 6.07) is 7.83. The summed E-state index contributed by atoms with van der Waals surface area (Å²) in [6.07, 6.45) is 0. The van der Waals surface area contributed by atoms with Gasteiger partial charge in [0.25, 0.3) is 0 Å². The second-order valence-electron chi connectivity index (χ2n) is 3.90. The lowest BCUT2D eigenvalue weighted by Gasteiger charge is -2.07. The Labute approximate surface area is 119 Å². The molecular formula is C13H12BrN3S. The predicted octanol–water partition coefficient (Wildman–Crippen LogP) is 4.01. The number of aryl methyl sites for hydroxylation is 2. The van der Waals surface area contributed by atoms with Crippen LogP contribution in [0.4, 0.5) is 5.69 Å². The highest BCUT2D eigenvalue weighted by Crippen LogP contribution is 2.23. The van der Waals surface area contributed by atoms with Gasteiger partial charge in [-0.05, 0) is 32.0 Å². The molecule has 2 aromatic rings. The SMILES string of the molecule is Cc1nc(C)c(CNc2ccc(Br)cc2C#N)s1. The minimum Gasteiger partial charge on any atom is -0.379 e. The Morgan fingerprint density at radius 1 is 1.44 bits per heavy atom. The van der Waals surface area contributed by atoms with Crippen molar-refractivity contribution in [1.82, 2.24) is 4.98 Å². The number of thiazole rings is 1. The number of benzene rings is 1. The lowest BCUT2D eigenvalue weighted by molar-refractivity contribution is 1.10. The van der Waals surface area contributed by atoms with Crippen molar-refractivity contribution in [2.45, 2.75) is 20.4 Å². The molecule has 0 aliphatic carbocycles. The molecule has 5 heteroatoms. The molecular weight excluding hydrogens is 310 g/mol. The molecule has 0 saturated heterocycles. The van der Waals surface area contributed by atoms with E-state index in [4.69, 9.17) is 5.26 Å². The monoisotopic (exact) mass is 321 g/mol. The Morgan fingerprint density at radius 2 is 2.22 bits per heavy atom. The highest BCUT2D eigenvalue weighted by molar-refractivity contribution is 9.10. The van der Waals surface area contributed by atoms with Crippen LogP contribution in [0.2, 0.25) is 0 Å². The van der Waals surface area contributed by atoms with Crippen LogP contribution in [0.15, 0.2) is 22.7 Å². The third-order valence-corrected chi connectivity index (χ3v) is 4.11. The van der Waals surface area contributed by atoms with E-state index in [-0.39, 0.29) is 0 Å². The molecule has 1 aromatic heterocycles. The summed E-state index contributed by atoms with van der Waals surface area (Å²) >= 11 is 5.05. The maximum Gasteiger partial charge on any atom is 0.101 e. The molecule has 3 nitrogen and oxygen atoms in total. The molecule has 0 spiro atoms. The topological polar surface area (TPSA) is 48.7 Å². The summed E-state index contributed by atoms with van der Waals surface area (Å²) < 4.78 is 0.911. The highest BCUT2D eigenvalue weighted by Gasteiger charge is 2.06. The first kappa shape index (κ1) is 13.1. The van der Waals surface area contributed by atoms with Gasteiger partial charge in [0.15, 0.2) is 0 Å². The molecule has 2 rings (SSSR count). The van der Waals surface area contributed by atoms with Crippen molar-refractivity contribution >= 4 is 33.0 Å². The molecule has 1 aromatic carbocycles. The second-order valence-corrected chi connectivity index (χ2v) is 6.10. The molecule has 0 bridgehead atoms. The van der Waals surface area contributed by atoms with Crippen LogP contribution in [0, 0.1) is 25.2 Å². The van der Waals surface area contributed by atoms with Crippen LogP contribution in [-0.2, 0) is 6.54 Å². The molecule has 1 N–H and O–H groups in total. The quantitative estimate of drug-likeness (QED) is 0.929. The van der Waals surface area contributed by atoms with E-state index >= 15 is 0 Å². The molecule has 1 heterocycles. The molecule has 0 fully saturated rings. The molecule has 0 saturated carbocycles. The van der Waals surface area contributed by atoms with E-state index in [1.54, 1.807) is 11.3 Å². The van der Waals surface area contributed by atoms with Crippen LogP contribution >= 0.6 is 27.3 Å². The fourth-order valence-corrected chi connectivity index (χ4v) is 2.91. The minimum absolute atomic E-state index is 0.642. The number of nitrogens with zero attached hydrogens (tertiary/aromatic N) is 2. The first-order valence-electron chi connectivity index (χ1n) is 5.46. The van der Waals surface area contributed by atoms with E-state index in [0.717, 1.165) is 20.9 Å². The predicted molar refractivity (Wildman–Crippen MR) is 77.8 cm³/mol. The van der Waals surface area contributed by atoms with Gasteiger partial charge in [0.1, 0.15) is 6.07 Å². The van der Waals surface area contributed by atoms with E-state index in [1.165, 1.54) is 4.88 Å². The van der Waals surface area contributed by atoms with Crippen LogP contribution in [0.1, 0.15) is 21.1 Å². The second kappa shape index (κ2) is 5.51. The van der Waals surface area contributed by atoms with Crippen molar-refractivity contribution in [2.24, 2.45) is 0 Å². The molecule has 0 unspecified atom stereocenters.